The first-order valence-corrected chi connectivity index (χ1v) is 10.5. The third kappa shape index (κ3) is 3.17. The SMILES string of the molecule is O=C(Nc1nn2cc(-c3ccccc3)nc2s1)C1CC(=O)N(C2CCCC2)C1. The maximum Gasteiger partial charge on any atom is 0.231 e. The second-order valence-corrected chi connectivity index (χ2v) is 8.46. The number of carbonyl (C=O) groups is 2. The molecule has 2 fully saturated rings. The molecule has 1 saturated heterocycles. The van der Waals surface area contributed by atoms with Crippen LogP contribution < -0.4 is 5.32 Å². The number of amides is 2. The molecule has 3 aromatic rings. The van der Waals surface area contributed by atoms with E-state index in [9.17, 15) is 9.59 Å². The van der Waals surface area contributed by atoms with Gasteiger partial charge in [-0.2, -0.15) is 0 Å². The lowest BCUT2D eigenvalue weighted by Gasteiger charge is -2.23. The zero-order valence-corrected chi connectivity index (χ0v) is 16.2. The van der Waals surface area contributed by atoms with Crippen LogP contribution in [0.5, 0.6) is 0 Å². The van der Waals surface area contributed by atoms with E-state index in [1.165, 1.54) is 24.2 Å². The lowest BCUT2D eigenvalue weighted by molar-refractivity contribution is -0.129. The predicted molar refractivity (Wildman–Crippen MR) is 107 cm³/mol. The van der Waals surface area contributed by atoms with Crippen LogP contribution >= 0.6 is 11.3 Å². The van der Waals surface area contributed by atoms with Gasteiger partial charge in [-0.15, -0.1) is 5.10 Å². The number of benzene rings is 1. The Hall–Kier alpha value is -2.74. The van der Waals surface area contributed by atoms with E-state index < -0.39 is 0 Å². The van der Waals surface area contributed by atoms with Gasteiger partial charge in [0.2, 0.25) is 21.9 Å². The molecule has 1 saturated carbocycles. The molecule has 1 aliphatic heterocycles. The van der Waals surface area contributed by atoms with Crippen molar-refractivity contribution in [2.75, 3.05) is 11.9 Å². The average molecular weight is 395 g/mol. The zero-order chi connectivity index (χ0) is 19.1. The summed E-state index contributed by atoms with van der Waals surface area (Å²) in [6, 6.07) is 10.2. The van der Waals surface area contributed by atoms with Gasteiger partial charge in [-0.05, 0) is 12.8 Å². The van der Waals surface area contributed by atoms with Gasteiger partial charge in [-0.25, -0.2) is 9.50 Å². The van der Waals surface area contributed by atoms with Crippen molar-refractivity contribution < 1.29 is 9.59 Å². The largest absolute Gasteiger partial charge is 0.339 e. The van der Waals surface area contributed by atoms with E-state index in [1.807, 2.05) is 41.4 Å². The molecule has 1 N–H and O–H groups in total. The number of fused-ring (bicyclic) bond motifs is 1. The highest BCUT2D eigenvalue weighted by molar-refractivity contribution is 7.20. The Labute approximate surface area is 166 Å². The molecule has 7 nitrogen and oxygen atoms in total. The monoisotopic (exact) mass is 395 g/mol. The van der Waals surface area contributed by atoms with Crippen molar-refractivity contribution in [2.24, 2.45) is 5.92 Å². The summed E-state index contributed by atoms with van der Waals surface area (Å²) in [5, 5.41) is 7.82. The maximum atomic E-state index is 12.7. The molecule has 1 aliphatic carbocycles. The highest BCUT2D eigenvalue weighted by Crippen LogP contribution is 2.30. The van der Waals surface area contributed by atoms with E-state index in [4.69, 9.17) is 0 Å². The highest BCUT2D eigenvalue weighted by Gasteiger charge is 2.38. The van der Waals surface area contributed by atoms with E-state index in [0.29, 0.717) is 24.1 Å². The Morgan fingerprint density at radius 2 is 1.96 bits per heavy atom. The van der Waals surface area contributed by atoms with Crippen LogP contribution in [0.4, 0.5) is 5.13 Å². The molecule has 0 bridgehead atoms. The number of carbonyl (C=O) groups excluding carboxylic acids is 2. The summed E-state index contributed by atoms with van der Waals surface area (Å²) in [4.78, 5) is 32.2. The fraction of sp³-hybridized carbons (Fsp3) is 0.400. The molecule has 5 rings (SSSR count). The topological polar surface area (TPSA) is 79.6 Å². The van der Waals surface area contributed by atoms with Crippen LogP contribution in [0.3, 0.4) is 0 Å². The average Bonchev–Trinajstić information content (AvgIpc) is 3.45. The van der Waals surface area contributed by atoms with E-state index >= 15 is 0 Å². The maximum absolute atomic E-state index is 12.7. The predicted octanol–water partition coefficient (Wildman–Crippen LogP) is 3.19. The van der Waals surface area contributed by atoms with E-state index in [1.54, 1.807) is 4.52 Å². The molecular weight excluding hydrogens is 374 g/mol. The summed E-state index contributed by atoms with van der Waals surface area (Å²) >= 11 is 1.34. The standard InChI is InChI=1S/C20H21N5O2S/c26-17-10-14(11-24(17)15-8-4-5-9-15)18(27)22-19-23-25-12-16(21-20(25)28-19)13-6-2-1-3-7-13/h1-3,6-7,12,14-15H,4-5,8-11H2,(H,22,23,27). The molecule has 3 heterocycles. The van der Waals surface area contributed by atoms with E-state index in [-0.39, 0.29) is 17.7 Å². The fourth-order valence-electron chi connectivity index (χ4n) is 4.18. The molecule has 2 aliphatic rings. The molecule has 2 aromatic heterocycles. The number of hydrogen-bond donors (Lipinski definition) is 1. The number of rotatable bonds is 4. The molecule has 1 unspecified atom stereocenters. The van der Waals surface area contributed by atoms with Crippen LogP contribution in [-0.2, 0) is 9.59 Å². The van der Waals surface area contributed by atoms with Crippen LogP contribution in [0.2, 0.25) is 0 Å². The molecule has 0 radical (unpaired) electrons. The number of likely N-dealkylation sites (tertiary alicyclic amines) is 1. The van der Waals surface area contributed by atoms with Gasteiger partial charge in [0.05, 0.1) is 17.8 Å². The number of aromatic nitrogens is 3. The van der Waals surface area contributed by atoms with Crippen molar-refractivity contribution in [3.63, 3.8) is 0 Å². The normalized spacial score (nSPS) is 20.4. The third-order valence-corrected chi connectivity index (χ3v) is 6.48. The zero-order valence-electron chi connectivity index (χ0n) is 15.4. The second kappa shape index (κ2) is 7.01. The lowest BCUT2D eigenvalue weighted by Crippen LogP contribution is -2.35. The van der Waals surface area contributed by atoms with Gasteiger partial charge in [0.1, 0.15) is 0 Å². The second-order valence-electron chi connectivity index (χ2n) is 7.50. The number of nitrogens with zero attached hydrogens (tertiary/aromatic N) is 4. The molecule has 2 amide bonds. The van der Waals surface area contributed by atoms with Gasteiger partial charge in [0.25, 0.3) is 0 Å². The van der Waals surface area contributed by atoms with Crippen LogP contribution in [0.25, 0.3) is 16.2 Å². The van der Waals surface area contributed by atoms with Crippen molar-refractivity contribution in [1.82, 2.24) is 19.5 Å². The molecule has 1 aromatic carbocycles. The number of imidazole rings is 1. The molecule has 144 valence electrons. The summed E-state index contributed by atoms with van der Waals surface area (Å²) < 4.78 is 1.69. The molecule has 1 atom stereocenters. The van der Waals surface area contributed by atoms with Crippen LogP contribution in [0.15, 0.2) is 36.5 Å². The van der Waals surface area contributed by atoms with Crippen LogP contribution in [0.1, 0.15) is 32.1 Å². The Kier molecular flexibility index (Phi) is 4.35. The minimum Gasteiger partial charge on any atom is -0.339 e. The van der Waals surface area contributed by atoms with Crippen molar-refractivity contribution in [3.05, 3.63) is 36.5 Å². The summed E-state index contributed by atoms with van der Waals surface area (Å²) in [5.41, 5.74) is 1.88. The first kappa shape index (κ1) is 17.4. The summed E-state index contributed by atoms with van der Waals surface area (Å²) in [6.07, 6.45) is 6.63. The van der Waals surface area contributed by atoms with E-state index in [0.717, 1.165) is 29.1 Å². The summed E-state index contributed by atoms with van der Waals surface area (Å²) in [5.74, 6) is -0.327. The Morgan fingerprint density at radius 1 is 1.18 bits per heavy atom. The van der Waals surface area contributed by atoms with Gasteiger partial charge in [0, 0.05) is 24.6 Å². The smallest absolute Gasteiger partial charge is 0.231 e. The van der Waals surface area contributed by atoms with Gasteiger partial charge in [-0.3, -0.25) is 9.59 Å². The molecule has 8 heteroatoms. The van der Waals surface area contributed by atoms with Crippen molar-refractivity contribution >= 4 is 33.2 Å². The van der Waals surface area contributed by atoms with Crippen molar-refractivity contribution in [3.8, 4) is 11.3 Å². The van der Waals surface area contributed by atoms with Crippen LogP contribution in [0, 0.1) is 5.92 Å². The minimum atomic E-state index is -0.302. The summed E-state index contributed by atoms with van der Waals surface area (Å²) in [6.45, 7) is 0.524. The van der Waals surface area contributed by atoms with Gasteiger partial charge in [-0.1, -0.05) is 54.5 Å². The third-order valence-electron chi connectivity index (χ3n) is 5.64. The molecule has 0 spiro atoms. The minimum absolute atomic E-state index is 0.105. The lowest BCUT2D eigenvalue weighted by atomic mass is 10.1. The number of nitrogens with one attached hydrogen (secondary N) is 1. The van der Waals surface area contributed by atoms with Crippen molar-refractivity contribution in [2.45, 2.75) is 38.1 Å². The quantitative estimate of drug-likeness (QED) is 0.736. The van der Waals surface area contributed by atoms with E-state index in [2.05, 4.69) is 15.4 Å². The summed E-state index contributed by atoms with van der Waals surface area (Å²) in [7, 11) is 0. The first-order valence-electron chi connectivity index (χ1n) is 9.69. The number of anilines is 1. The van der Waals surface area contributed by atoms with Gasteiger partial charge in [0.15, 0.2) is 0 Å². The number of hydrogen-bond acceptors (Lipinski definition) is 5. The molecule has 28 heavy (non-hydrogen) atoms. The Bertz CT molecular complexity index is 990. The highest BCUT2D eigenvalue weighted by atomic mass is 32.1. The van der Waals surface area contributed by atoms with Gasteiger partial charge >= 0.3 is 0 Å². The van der Waals surface area contributed by atoms with Crippen LogP contribution in [-0.4, -0.2) is 43.9 Å². The fourth-order valence-corrected chi connectivity index (χ4v) is 4.97. The van der Waals surface area contributed by atoms with Crippen molar-refractivity contribution in [1.29, 1.82) is 0 Å². The Morgan fingerprint density at radius 3 is 2.71 bits per heavy atom. The first-order chi connectivity index (χ1) is 13.7. The Balaban J connectivity index is 1.27. The van der Waals surface area contributed by atoms with Gasteiger partial charge < -0.3 is 10.2 Å². The molecular formula is C20H21N5O2S.